The molecular formula is C18H26FN3O. The summed E-state index contributed by atoms with van der Waals surface area (Å²) in [5, 5.41) is 3.78. The second-order valence-corrected chi connectivity index (χ2v) is 7.27. The number of fused-ring (bicyclic) bond motifs is 1. The number of halogens is 1. The summed E-state index contributed by atoms with van der Waals surface area (Å²) in [5.41, 5.74) is 2.64. The molecule has 0 spiro atoms. The van der Waals surface area contributed by atoms with Gasteiger partial charge in [-0.3, -0.25) is 4.79 Å². The molecule has 0 aliphatic rings. The fourth-order valence-electron chi connectivity index (χ4n) is 3.06. The number of aryl methyl sites for hydroxylation is 1. The molecule has 0 unspecified atom stereocenters. The van der Waals surface area contributed by atoms with Crippen LogP contribution in [-0.4, -0.2) is 43.0 Å². The summed E-state index contributed by atoms with van der Waals surface area (Å²) in [7, 11) is 4.04. The average Bonchev–Trinajstić information content (AvgIpc) is 2.72. The van der Waals surface area contributed by atoms with Gasteiger partial charge in [-0.15, -0.1) is 0 Å². The first kappa shape index (κ1) is 17.5. The zero-order valence-electron chi connectivity index (χ0n) is 14.6. The smallest absolute Gasteiger partial charge is 0.224 e. The Hall–Kier alpha value is -1.88. The van der Waals surface area contributed by atoms with E-state index < -0.39 is 0 Å². The minimum absolute atomic E-state index is 0.000523. The van der Waals surface area contributed by atoms with Crippen molar-refractivity contribution in [3.05, 3.63) is 35.3 Å². The molecule has 2 aromatic rings. The van der Waals surface area contributed by atoms with Gasteiger partial charge in [-0.2, -0.15) is 0 Å². The number of carbonyl (C=O) groups excluding carboxylic acids is 1. The minimum atomic E-state index is -0.287. The van der Waals surface area contributed by atoms with Gasteiger partial charge in [-0.05, 0) is 50.2 Å². The predicted molar refractivity (Wildman–Crippen MR) is 92.0 cm³/mol. The van der Waals surface area contributed by atoms with E-state index in [4.69, 9.17) is 0 Å². The van der Waals surface area contributed by atoms with Crippen LogP contribution in [0.1, 0.15) is 25.1 Å². The predicted octanol–water partition coefficient (Wildman–Crippen LogP) is 2.86. The lowest BCUT2D eigenvalue weighted by molar-refractivity contribution is -0.120. The molecule has 0 saturated carbocycles. The van der Waals surface area contributed by atoms with E-state index in [9.17, 15) is 9.18 Å². The van der Waals surface area contributed by atoms with Gasteiger partial charge in [-0.25, -0.2) is 4.39 Å². The van der Waals surface area contributed by atoms with Crippen molar-refractivity contribution >= 4 is 16.8 Å². The Bertz CT molecular complexity index is 704. The number of hydrogen-bond acceptors (Lipinski definition) is 2. The zero-order chi connectivity index (χ0) is 17.2. The maximum absolute atomic E-state index is 13.5. The molecule has 1 amide bonds. The maximum atomic E-state index is 13.5. The van der Waals surface area contributed by atoms with Gasteiger partial charge in [0.05, 0.1) is 6.42 Å². The lowest BCUT2D eigenvalue weighted by Gasteiger charge is -2.28. The number of amides is 1. The van der Waals surface area contributed by atoms with Gasteiger partial charge in [0.15, 0.2) is 0 Å². The monoisotopic (exact) mass is 319 g/mol. The number of hydrogen-bond donors (Lipinski definition) is 2. The van der Waals surface area contributed by atoms with Crippen molar-refractivity contribution in [3.8, 4) is 0 Å². The second kappa shape index (κ2) is 6.71. The second-order valence-electron chi connectivity index (χ2n) is 7.27. The Morgan fingerprint density at radius 3 is 2.70 bits per heavy atom. The van der Waals surface area contributed by atoms with Crippen molar-refractivity contribution in [2.75, 3.05) is 27.2 Å². The molecule has 1 aromatic carbocycles. The Morgan fingerprint density at radius 1 is 1.35 bits per heavy atom. The highest BCUT2D eigenvalue weighted by atomic mass is 19.1. The first-order valence-corrected chi connectivity index (χ1v) is 7.86. The third-order valence-electron chi connectivity index (χ3n) is 3.93. The van der Waals surface area contributed by atoms with Crippen LogP contribution in [0.3, 0.4) is 0 Å². The number of aromatic nitrogens is 1. The lowest BCUT2D eigenvalue weighted by atomic mass is 9.93. The summed E-state index contributed by atoms with van der Waals surface area (Å²) in [6, 6.07) is 4.61. The molecule has 0 saturated heterocycles. The first-order chi connectivity index (χ1) is 10.7. The zero-order valence-corrected chi connectivity index (χ0v) is 14.6. The van der Waals surface area contributed by atoms with Crippen LogP contribution in [0.15, 0.2) is 18.2 Å². The fraction of sp³-hybridized carbons (Fsp3) is 0.500. The average molecular weight is 319 g/mol. The van der Waals surface area contributed by atoms with Gasteiger partial charge in [0.25, 0.3) is 0 Å². The summed E-state index contributed by atoms with van der Waals surface area (Å²) in [6.45, 7) is 7.67. The Labute approximate surface area is 137 Å². The number of rotatable bonds is 6. The Balaban J connectivity index is 2.06. The van der Waals surface area contributed by atoms with Crippen molar-refractivity contribution in [2.45, 2.75) is 27.2 Å². The molecule has 0 aliphatic carbocycles. The first-order valence-electron chi connectivity index (χ1n) is 7.86. The summed E-state index contributed by atoms with van der Waals surface area (Å²) in [4.78, 5) is 17.6. The van der Waals surface area contributed by atoms with E-state index in [1.165, 1.54) is 12.1 Å². The van der Waals surface area contributed by atoms with Gasteiger partial charge >= 0.3 is 0 Å². The number of nitrogens with zero attached hydrogens (tertiary/aromatic N) is 1. The normalized spacial score (nSPS) is 12.1. The highest BCUT2D eigenvalue weighted by Gasteiger charge is 2.20. The molecule has 0 aliphatic heterocycles. The number of aromatic amines is 1. The summed E-state index contributed by atoms with van der Waals surface area (Å²) < 4.78 is 13.5. The molecule has 5 heteroatoms. The minimum Gasteiger partial charge on any atom is -0.358 e. The van der Waals surface area contributed by atoms with Crippen LogP contribution < -0.4 is 5.32 Å². The number of benzene rings is 1. The van der Waals surface area contributed by atoms with Crippen LogP contribution in [-0.2, 0) is 11.2 Å². The largest absolute Gasteiger partial charge is 0.358 e. The van der Waals surface area contributed by atoms with Crippen molar-refractivity contribution in [2.24, 2.45) is 5.41 Å². The fourth-order valence-corrected chi connectivity index (χ4v) is 3.06. The van der Waals surface area contributed by atoms with Crippen LogP contribution >= 0.6 is 0 Å². The molecule has 126 valence electrons. The van der Waals surface area contributed by atoms with E-state index >= 15 is 0 Å². The molecule has 1 heterocycles. The van der Waals surface area contributed by atoms with Crippen LogP contribution in [0.25, 0.3) is 10.9 Å². The SMILES string of the molecule is Cc1[nH]c2ccc(F)cc2c1CC(=O)NCC(C)(C)CN(C)C. The third kappa shape index (κ3) is 4.55. The topological polar surface area (TPSA) is 48.1 Å². The van der Waals surface area contributed by atoms with E-state index in [0.717, 1.165) is 28.7 Å². The van der Waals surface area contributed by atoms with E-state index in [2.05, 4.69) is 29.0 Å². The number of carbonyl (C=O) groups is 1. The van der Waals surface area contributed by atoms with Crippen LogP contribution in [0.2, 0.25) is 0 Å². The summed E-state index contributed by atoms with van der Waals surface area (Å²) in [6.07, 6.45) is 0.257. The van der Waals surface area contributed by atoms with Crippen LogP contribution in [0, 0.1) is 18.2 Å². The molecule has 4 nitrogen and oxygen atoms in total. The van der Waals surface area contributed by atoms with E-state index in [0.29, 0.717) is 6.54 Å². The number of H-pyrrole nitrogens is 1. The molecular weight excluding hydrogens is 293 g/mol. The van der Waals surface area contributed by atoms with E-state index in [1.54, 1.807) is 6.07 Å². The Morgan fingerprint density at radius 2 is 2.04 bits per heavy atom. The Kier molecular flexibility index (Phi) is 5.09. The standard InChI is InChI=1S/C18H26FN3O/c1-12-14(15-8-13(19)6-7-16(15)21-12)9-17(23)20-10-18(2,3)11-22(4)5/h6-8,21H,9-11H2,1-5H3,(H,20,23). The number of nitrogens with one attached hydrogen (secondary N) is 2. The quantitative estimate of drug-likeness (QED) is 0.860. The van der Waals surface area contributed by atoms with Crippen molar-refractivity contribution in [1.29, 1.82) is 0 Å². The van der Waals surface area contributed by atoms with Gasteiger partial charge in [0, 0.05) is 29.7 Å². The molecule has 0 atom stereocenters. The van der Waals surface area contributed by atoms with Crippen molar-refractivity contribution in [1.82, 2.24) is 15.2 Å². The summed E-state index contributed by atoms with van der Waals surface area (Å²) in [5.74, 6) is -0.324. The molecule has 2 rings (SSSR count). The van der Waals surface area contributed by atoms with Gasteiger partial charge < -0.3 is 15.2 Å². The maximum Gasteiger partial charge on any atom is 0.224 e. The molecule has 2 N–H and O–H groups in total. The van der Waals surface area contributed by atoms with Crippen LogP contribution in [0.4, 0.5) is 4.39 Å². The van der Waals surface area contributed by atoms with Crippen molar-refractivity contribution in [3.63, 3.8) is 0 Å². The van der Waals surface area contributed by atoms with Gasteiger partial charge in [0.2, 0.25) is 5.91 Å². The van der Waals surface area contributed by atoms with Gasteiger partial charge in [0.1, 0.15) is 5.82 Å². The highest BCUT2D eigenvalue weighted by molar-refractivity contribution is 5.90. The molecule has 1 aromatic heterocycles. The highest BCUT2D eigenvalue weighted by Crippen LogP contribution is 2.23. The van der Waals surface area contributed by atoms with E-state index in [1.807, 2.05) is 21.0 Å². The third-order valence-corrected chi connectivity index (χ3v) is 3.93. The molecule has 23 heavy (non-hydrogen) atoms. The lowest BCUT2D eigenvalue weighted by Crippen LogP contribution is -2.40. The van der Waals surface area contributed by atoms with Gasteiger partial charge in [-0.1, -0.05) is 13.8 Å². The van der Waals surface area contributed by atoms with Crippen molar-refractivity contribution < 1.29 is 9.18 Å². The molecule has 0 bridgehead atoms. The van der Waals surface area contributed by atoms with Crippen LogP contribution in [0.5, 0.6) is 0 Å². The summed E-state index contributed by atoms with van der Waals surface area (Å²) >= 11 is 0. The molecule has 0 radical (unpaired) electrons. The molecule has 0 fully saturated rings. The van der Waals surface area contributed by atoms with E-state index in [-0.39, 0.29) is 23.6 Å².